The van der Waals surface area contributed by atoms with E-state index in [1.54, 1.807) is 0 Å². The van der Waals surface area contributed by atoms with Crippen molar-refractivity contribution in [1.82, 2.24) is 0 Å². The molecule has 0 aromatic rings. The maximum Gasteiger partial charge on any atom is 0.394 e. The van der Waals surface area contributed by atoms with E-state index in [1.165, 1.54) is 0 Å². The third kappa shape index (κ3) is 5070. The summed E-state index contributed by atoms with van der Waals surface area (Å²) in [7, 11) is -14.0. The second kappa shape index (κ2) is 11.9. The van der Waals surface area contributed by atoms with Crippen LogP contribution in [0.1, 0.15) is 0 Å². The molecule has 12 nitrogen and oxygen atoms in total. The minimum absolute atomic E-state index is 0. The maximum absolute atomic E-state index is 8.74. The molecule has 0 saturated heterocycles. The van der Waals surface area contributed by atoms with Crippen molar-refractivity contribution >= 4 is 31.2 Å². The zero-order valence-corrected chi connectivity index (χ0v) is 12.8. The molecule has 114 valence electrons. The summed E-state index contributed by atoms with van der Waals surface area (Å²) in [6, 6.07) is 0. The van der Waals surface area contributed by atoms with Crippen molar-refractivity contribution in [2.45, 2.75) is 0 Å². The second-order valence-electron chi connectivity index (χ2n) is 1.34. The molecule has 0 unspecified atom stereocenters. The van der Waals surface area contributed by atoms with E-state index in [0.29, 0.717) is 0 Å². The minimum atomic E-state index is -4.67. The predicted octanol–water partition coefficient (Wildman–Crippen LogP) is -1.96. The van der Waals surface area contributed by atoms with Crippen LogP contribution in [0.2, 0.25) is 0 Å². The number of hydrogen-bond donors (Lipinski definition) is 6. The van der Waals surface area contributed by atoms with Gasteiger partial charge in [-0.25, -0.2) is 0 Å². The summed E-state index contributed by atoms with van der Waals surface area (Å²) in [5, 5.41) is 0. The van der Waals surface area contributed by atoms with Crippen LogP contribution in [0.5, 0.6) is 0 Å². The number of hydrogen-bond acceptors (Lipinski definition) is 6. The van der Waals surface area contributed by atoms with Gasteiger partial charge < -0.3 is 0 Å². The Morgan fingerprint density at radius 1 is 0.412 bits per heavy atom. The molecule has 0 aliphatic carbocycles. The molecule has 2 radical (unpaired) electrons. The topological polar surface area (TPSA) is 224 Å². The summed E-state index contributed by atoms with van der Waals surface area (Å²) in [5.41, 5.74) is 0. The SMILES string of the molecule is O=S(=O)(O)O.O=S(=O)(O)O.O=S(=O)(O)O.[Rh].[Rh]. The predicted molar refractivity (Wildman–Crippen MR) is 42.5 cm³/mol. The monoisotopic (exact) mass is 500 g/mol. The molecule has 0 aliphatic rings. The molecule has 0 spiro atoms. The van der Waals surface area contributed by atoms with Crippen LogP contribution in [-0.4, -0.2) is 52.6 Å². The smallest absolute Gasteiger partial charge is 0.264 e. The summed E-state index contributed by atoms with van der Waals surface area (Å²) < 4.78 is 94.8. The third-order valence-corrected chi connectivity index (χ3v) is 0. The molecule has 0 saturated carbocycles. The van der Waals surface area contributed by atoms with Gasteiger partial charge in [-0.1, -0.05) is 0 Å². The first kappa shape index (κ1) is 30.7. The van der Waals surface area contributed by atoms with Crippen molar-refractivity contribution in [3.05, 3.63) is 0 Å². The fraction of sp³-hybridized carbons (Fsp3) is 0. The fourth-order valence-corrected chi connectivity index (χ4v) is 0. The van der Waals surface area contributed by atoms with E-state index in [1.807, 2.05) is 0 Å². The zero-order valence-electron chi connectivity index (χ0n) is 7.02. The van der Waals surface area contributed by atoms with Crippen molar-refractivity contribution in [2.24, 2.45) is 0 Å². The summed E-state index contributed by atoms with van der Waals surface area (Å²) in [4.78, 5) is 0. The summed E-state index contributed by atoms with van der Waals surface area (Å²) in [6.45, 7) is 0. The molecule has 0 aromatic heterocycles. The Morgan fingerprint density at radius 3 is 0.412 bits per heavy atom. The van der Waals surface area contributed by atoms with E-state index in [0.717, 1.165) is 0 Å². The van der Waals surface area contributed by atoms with Crippen LogP contribution in [-0.2, 0) is 70.2 Å². The molecule has 0 rings (SSSR count). The first-order valence-corrected chi connectivity index (χ1v) is 6.29. The van der Waals surface area contributed by atoms with Crippen molar-refractivity contribution < 1.29 is 91.5 Å². The quantitative estimate of drug-likeness (QED) is 0.158. The Labute approximate surface area is 122 Å². The maximum atomic E-state index is 8.74. The van der Waals surface area contributed by atoms with Gasteiger partial charge in [0.1, 0.15) is 0 Å². The first-order valence-electron chi connectivity index (χ1n) is 2.10. The van der Waals surface area contributed by atoms with Crippen molar-refractivity contribution in [2.75, 3.05) is 0 Å². The van der Waals surface area contributed by atoms with Gasteiger partial charge in [-0.15, -0.1) is 0 Å². The normalized spacial score (nSPS) is 10.2. The van der Waals surface area contributed by atoms with E-state index in [9.17, 15) is 0 Å². The fourth-order valence-electron chi connectivity index (χ4n) is 0. The van der Waals surface area contributed by atoms with Gasteiger partial charge in [0.2, 0.25) is 0 Å². The molecule has 0 bridgehead atoms. The molecule has 0 aliphatic heterocycles. The van der Waals surface area contributed by atoms with Gasteiger partial charge in [-0.2, -0.15) is 25.3 Å². The Balaban J connectivity index is -0.0000000400. The zero-order chi connectivity index (χ0) is 13.5. The van der Waals surface area contributed by atoms with Crippen molar-refractivity contribution in [3.8, 4) is 0 Å². The summed E-state index contributed by atoms with van der Waals surface area (Å²) in [5.74, 6) is 0. The average Bonchev–Trinajstić information content (AvgIpc) is 1.41. The van der Waals surface area contributed by atoms with Gasteiger partial charge in [-0.3, -0.25) is 27.3 Å². The molecule has 17 heteroatoms. The van der Waals surface area contributed by atoms with Crippen LogP contribution < -0.4 is 0 Å². The van der Waals surface area contributed by atoms with Crippen molar-refractivity contribution in [3.63, 3.8) is 0 Å². The standard InChI is InChI=1S/3H2O4S.2Rh/c3*1-5(2,3)4;;/h3*(H2,1,2,3,4);;. The molecule has 0 aromatic carbocycles. The largest absolute Gasteiger partial charge is 0.394 e. The van der Waals surface area contributed by atoms with E-state index in [4.69, 9.17) is 52.6 Å². The van der Waals surface area contributed by atoms with Gasteiger partial charge >= 0.3 is 31.2 Å². The molecule has 0 heterocycles. The Bertz CT molecular complexity index is 341. The van der Waals surface area contributed by atoms with Crippen LogP contribution >= 0.6 is 0 Å². The van der Waals surface area contributed by atoms with Crippen LogP contribution in [0.4, 0.5) is 0 Å². The molecule has 6 N–H and O–H groups in total. The second-order valence-corrected chi connectivity index (χ2v) is 4.03. The van der Waals surface area contributed by atoms with Crippen LogP contribution in [0, 0.1) is 0 Å². The van der Waals surface area contributed by atoms with Crippen LogP contribution in [0.25, 0.3) is 0 Å². The van der Waals surface area contributed by atoms with E-state index in [-0.39, 0.29) is 39.0 Å². The summed E-state index contributed by atoms with van der Waals surface area (Å²) in [6.07, 6.45) is 0. The molecule has 0 amide bonds. The first-order chi connectivity index (χ1) is 6.00. The minimum Gasteiger partial charge on any atom is -0.264 e. The molecule has 17 heavy (non-hydrogen) atoms. The van der Waals surface area contributed by atoms with Gasteiger partial charge in [0.25, 0.3) is 0 Å². The van der Waals surface area contributed by atoms with Crippen molar-refractivity contribution in [1.29, 1.82) is 0 Å². The average molecular weight is 500 g/mol. The molecule has 0 fully saturated rings. The van der Waals surface area contributed by atoms with Gasteiger partial charge in [0, 0.05) is 39.0 Å². The van der Waals surface area contributed by atoms with E-state index >= 15 is 0 Å². The molecule has 0 atom stereocenters. The Morgan fingerprint density at radius 2 is 0.412 bits per heavy atom. The van der Waals surface area contributed by atoms with Crippen LogP contribution in [0.15, 0.2) is 0 Å². The Hall–Kier alpha value is 0.857. The third-order valence-electron chi connectivity index (χ3n) is 0. The molecular weight excluding hydrogens is 494 g/mol. The van der Waals surface area contributed by atoms with E-state index < -0.39 is 31.2 Å². The van der Waals surface area contributed by atoms with Crippen LogP contribution in [0.3, 0.4) is 0 Å². The van der Waals surface area contributed by atoms with Gasteiger partial charge in [-0.05, 0) is 0 Å². The van der Waals surface area contributed by atoms with Gasteiger partial charge in [0.15, 0.2) is 0 Å². The van der Waals surface area contributed by atoms with Gasteiger partial charge in [0.05, 0.1) is 0 Å². The van der Waals surface area contributed by atoms with E-state index in [2.05, 4.69) is 0 Å². The number of rotatable bonds is 0. The Kier molecular flexibility index (Phi) is 21.5. The summed E-state index contributed by atoms with van der Waals surface area (Å²) >= 11 is 0. The molecular formula is H6O12Rh2S3.